The zero-order chi connectivity index (χ0) is 12.3. The lowest BCUT2D eigenvalue weighted by Gasteiger charge is -2.12. The molecule has 0 aliphatic heterocycles. The quantitative estimate of drug-likeness (QED) is 0.753. The summed E-state index contributed by atoms with van der Waals surface area (Å²) in [6.07, 6.45) is -4.50. The summed E-state index contributed by atoms with van der Waals surface area (Å²) in [5.74, 6) is -0.0626. The highest BCUT2D eigenvalue weighted by molar-refractivity contribution is 6.17. The van der Waals surface area contributed by atoms with Crippen LogP contribution in [0.2, 0.25) is 0 Å². The molecule has 0 amide bonds. The fraction of sp³-hybridized carbons (Fsp3) is 0.300. The summed E-state index contributed by atoms with van der Waals surface area (Å²) in [6.45, 7) is 0. The van der Waals surface area contributed by atoms with Crippen molar-refractivity contribution < 1.29 is 17.9 Å². The van der Waals surface area contributed by atoms with Crippen LogP contribution in [0.3, 0.4) is 0 Å². The van der Waals surface area contributed by atoms with Gasteiger partial charge in [0.1, 0.15) is 11.8 Å². The molecule has 0 aliphatic rings. The van der Waals surface area contributed by atoms with Gasteiger partial charge in [0.05, 0.1) is 24.1 Å². The maximum atomic E-state index is 12.5. The molecule has 0 fully saturated rings. The molecule has 0 spiro atoms. The Morgan fingerprint density at radius 3 is 2.44 bits per heavy atom. The summed E-state index contributed by atoms with van der Waals surface area (Å²) in [7, 11) is 1.28. The first-order valence-corrected chi connectivity index (χ1v) is 4.71. The van der Waals surface area contributed by atoms with Crippen molar-refractivity contribution in [2.75, 3.05) is 7.11 Å². The first-order chi connectivity index (χ1) is 7.43. The predicted molar refractivity (Wildman–Crippen MR) is 52.3 cm³/mol. The minimum absolute atomic E-state index is 0.0884. The van der Waals surface area contributed by atoms with Crippen LogP contribution in [0.15, 0.2) is 12.1 Å². The van der Waals surface area contributed by atoms with Gasteiger partial charge in [-0.15, -0.1) is 11.6 Å². The maximum absolute atomic E-state index is 12.5. The van der Waals surface area contributed by atoms with Crippen LogP contribution >= 0.6 is 11.6 Å². The zero-order valence-corrected chi connectivity index (χ0v) is 8.99. The van der Waals surface area contributed by atoms with E-state index in [9.17, 15) is 13.2 Å². The van der Waals surface area contributed by atoms with Crippen molar-refractivity contribution in [2.45, 2.75) is 12.1 Å². The third-order valence-corrected chi connectivity index (χ3v) is 2.25. The van der Waals surface area contributed by atoms with E-state index in [2.05, 4.69) is 0 Å². The number of hydrogen-bond donors (Lipinski definition) is 0. The summed E-state index contributed by atoms with van der Waals surface area (Å²) in [5.41, 5.74) is -0.927. The smallest absolute Gasteiger partial charge is 0.416 e. The average Bonchev–Trinajstić information content (AvgIpc) is 2.25. The Morgan fingerprint density at radius 1 is 1.44 bits per heavy atom. The summed E-state index contributed by atoms with van der Waals surface area (Å²) in [4.78, 5) is 0. The summed E-state index contributed by atoms with van der Waals surface area (Å²) < 4.78 is 42.2. The van der Waals surface area contributed by atoms with Crippen LogP contribution in [0.25, 0.3) is 0 Å². The van der Waals surface area contributed by atoms with Crippen molar-refractivity contribution in [1.29, 1.82) is 5.26 Å². The van der Waals surface area contributed by atoms with Gasteiger partial charge >= 0.3 is 6.18 Å². The molecule has 0 saturated heterocycles. The van der Waals surface area contributed by atoms with Crippen LogP contribution in [0.1, 0.15) is 16.7 Å². The minimum atomic E-state index is -4.50. The van der Waals surface area contributed by atoms with Crippen LogP contribution in [0.4, 0.5) is 13.2 Å². The molecule has 0 radical (unpaired) electrons. The molecule has 0 aliphatic carbocycles. The number of nitriles is 1. The Balaban J connectivity index is 3.45. The topological polar surface area (TPSA) is 33.0 Å². The minimum Gasteiger partial charge on any atom is -0.495 e. The molecular weight excluding hydrogens is 243 g/mol. The van der Waals surface area contributed by atoms with E-state index in [0.717, 1.165) is 12.1 Å². The lowest BCUT2D eigenvalue weighted by molar-refractivity contribution is -0.137. The molecule has 1 rings (SSSR count). The van der Waals surface area contributed by atoms with Crippen LogP contribution < -0.4 is 4.74 Å². The Labute approximate surface area is 95.2 Å². The second kappa shape index (κ2) is 4.62. The molecule has 0 N–H and O–H groups in total. The van der Waals surface area contributed by atoms with E-state index in [1.807, 2.05) is 0 Å². The number of hydrogen-bond acceptors (Lipinski definition) is 2. The molecule has 6 heteroatoms. The SMILES string of the molecule is COc1c(C#N)cc(C(F)(F)F)cc1CCl. The predicted octanol–water partition coefficient (Wildman–Crippen LogP) is 3.32. The lowest BCUT2D eigenvalue weighted by Crippen LogP contribution is -2.07. The number of halogens is 4. The number of alkyl halides is 4. The van der Waals surface area contributed by atoms with E-state index in [1.54, 1.807) is 6.07 Å². The third kappa shape index (κ3) is 2.39. The number of ether oxygens (including phenoxy) is 1. The van der Waals surface area contributed by atoms with E-state index in [-0.39, 0.29) is 22.8 Å². The molecule has 86 valence electrons. The Kier molecular flexibility index (Phi) is 3.66. The molecule has 16 heavy (non-hydrogen) atoms. The van der Waals surface area contributed by atoms with E-state index in [0.29, 0.717) is 0 Å². The third-order valence-electron chi connectivity index (χ3n) is 1.96. The van der Waals surface area contributed by atoms with Gasteiger partial charge in [-0.3, -0.25) is 0 Å². The van der Waals surface area contributed by atoms with Crippen LogP contribution in [-0.4, -0.2) is 7.11 Å². The molecule has 0 unspecified atom stereocenters. The number of benzene rings is 1. The van der Waals surface area contributed by atoms with Gasteiger partial charge in [-0.1, -0.05) is 0 Å². The Hall–Kier alpha value is -1.41. The molecule has 0 saturated carbocycles. The molecule has 0 aromatic heterocycles. The molecule has 1 aromatic rings. The highest BCUT2D eigenvalue weighted by Crippen LogP contribution is 2.35. The van der Waals surface area contributed by atoms with Crippen LogP contribution in [-0.2, 0) is 12.1 Å². The summed E-state index contributed by atoms with van der Waals surface area (Å²) >= 11 is 5.51. The monoisotopic (exact) mass is 249 g/mol. The van der Waals surface area contributed by atoms with Crippen molar-refractivity contribution in [3.8, 4) is 11.8 Å². The van der Waals surface area contributed by atoms with Gasteiger partial charge in [-0.05, 0) is 12.1 Å². The first-order valence-electron chi connectivity index (χ1n) is 4.18. The van der Waals surface area contributed by atoms with Crippen molar-refractivity contribution in [1.82, 2.24) is 0 Å². The maximum Gasteiger partial charge on any atom is 0.416 e. The largest absolute Gasteiger partial charge is 0.495 e. The van der Waals surface area contributed by atoms with Crippen molar-refractivity contribution in [2.24, 2.45) is 0 Å². The van der Waals surface area contributed by atoms with Crippen molar-refractivity contribution in [3.63, 3.8) is 0 Å². The highest BCUT2D eigenvalue weighted by Gasteiger charge is 2.32. The standard InChI is InChI=1S/C10H7ClF3NO/c1-16-9-6(4-11)2-8(10(12,13)14)3-7(9)5-15/h2-3H,4H2,1H3. The second-order valence-corrected chi connectivity index (χ2v) is 3.23. The fourth-order valence-electron chi connectivity index (χ4n) is 1.28. The average molecular weight is 250 g/mol. The van der Waals surface area contributed by atoms with Gasteiger partial charge in [0.15, 0.2) is 0 Å². The lowest BCUT2D eigenvalue weighted by atomic mass is 10.1. The highest BCUT2D eigenvalue weighted by atomic mass is 35.5. The number of methoxy groups -OCH3 is 1. The van der Waals surface area contributed by atoms with E-state index in [1.165, 1.54) is 7.11 Å². The van der Waals surface area contributed by atoms with Gasteiger partial charge in [0.2, 0.25) is 0 Å². The molecule has 2 nitrogen and oxygen atoms in total. The van der Waals surface area contributed by atoms with Gasteiger partial charge in [-0.25, -0.2) is 0 Å². The normalized spacial score (nSPS) is 11.0. The van der Waals surface area contributed by atoms with Crippen molar-refractivity contribution in [3.05, 3.63) is 28.8 Å². The molecule has 0 atom stereocenters. The first kappa shape index (κ1) is 12.7. The second-order valence-electron chi connectivity index (χ2n) is 2.96. The van der Waals surface area contributed by atoms with Gasteiger partial charge in [0, 0.05) is 5.56 Å². The van der Waals surface area contributed by atoms with Crippen LogP contribution in [0.5, 0.6) is 5.75 Å². The van der Waals surface area contributed by atoms with Crippen molar-refractivity contribution >= 4 is 11.6 Å². The summed E-state index contributed by atoms with van der Waals surface area (Å²) in [6, 6.07) is 3.28. The molecule has 0 bridgehead atoms. The van der Waals surface area contributed by atoms with Gasteiger partial charge in [-0.2, -0.15) is 18.4 Å². The van der Waals surface area contributed by atoms with E-state index < -0.39 is 11.7 Å². The molecular formula is C10H7ClF3NO. The summed E-state index contributed by atoms with van der Waals surface area (Å²) in [5, 5.41) is 8.72. The van der Waals surface area contributed by atoms with Crippen LogP contribution in [0, 0.1) is 11.3 Å². The number of rotatable bonds is 2. The Bertz CT molecular complexity index is 437. The number of nitrogens with zero attached hydrogens (tertiary/aromatic N) is 1. The fourth-order valence-corrected chi connectivity index (χ4v) is 1.47. The molecule has 0 heterocycles. The Morgan fingerprint density at radius 2 is 2.06 bits per heavy atom. The molecule has 1 aromatic carbocycles. The van der Waals surface area contributed by atoms with E-state index in [4.69, 9.17) is 21.6 Å². The van der Waals surface area contributed by atoms with E-state index >= 15 is 0 Å². The zero-order valence-electron chi connectivity index (χ0n) is 8.23. The van der Waals surface area contributed by atoms with Gasteiger partial charge < -0.3 is 4.74 Å². The van der Waals surface area contributed by atoms with Gasteiger partial charge in [0.25, 0.3) is 0 Å².